The van der Waals surface area contributed by atoms with E-state index in [1.165, 1.54) is 7.11 Å². The van der Waals surface area contributed by atoms with E-state index < -0.39 is 0 Å². The molecule has 0 saturated carbocycles. The molecule has 136 valence electrons. The number of esters is 1. The van der Waals surface area contributed by atoms with E-state index in [9.17, 15) is 4.79 Å². The van der Waals surface area contributed by atoms with Gasteiger partial charge in [-0.05, 0) is 12.1 Å². The van der Waals surface area contributed by atoms with Gasteiger partial charge in [-0.2, -0.15) is 0 Å². The van der Waals surface area contributed by atoms with Crippen LogP contribution in [0.5, 0.6) is 34.5 Å². The number of hydrogen-bond acceptors (Lipinski definition) is 7. The number of rotatable bonds is 4. The van der Waals surface area contributed by atoms with Gasteiger partial charge in [0.25, 0.3) is 0 Å². The summed E-state index contributed by atoms with van der Waals surface area (Å²) in [5.74, 6) is 2.53. The monoisotopic (exact) mass is 358 g/mol. The van der Waals surface area contributed by atoms with Crippen molar-refractivity contribution in [2.75, 3.05) is 28.1 Å². The molecule has 0 radical (unpaired) electrons. The number of carbonyl (C=O) groups is 1. The fraction of sp³-hybridized carbons (Fsp3) is 0.316. The Balaban J connectivity index is 1.90. The first-order chi connectivity index (χ1) is 12.7. The summed E-state index contributed by atoms with van der Waals surface area (Å²) in [6.07, 6.45) is 0.179. The van der Waals surface area contributed by atoms with E-state index in [1.54, 1.807) is 20.3 Å². The smallest absolute Gasteiger partial charge is 0.312 e. The largest absolute Gasteiger partial charge is 0.497 e. The highest BCUT2D eigenvalue weighted by molar-refractivity contribution is 5.79. The summed E-state index contributed by atoms with van der Waals surface area (Å²) in [4.78, 5) is 12.2. The van der Waals surface area contributed by atoms with E-state index in [1.807, 2.05) is 18.2 Å². The summed E-state index contributed by atoms with van der Waals surface area (Å²) in [7, 11) is 4.66. The molecule has 1 atom stereocenters. The fourth-order valence-electron chi connectivity index (χ4n) is 3.41. The number of methoxy groups -OCH3 is 3. The second-order valence-electron chi connectivity index (χ2n) is 5.90. The Morgan fingerprint density at radius 1 is 0.923 bits per heavy atom. The van der Waals surface area contributed by atoms with Crippen molar-refractivity contribution in [3.63, 3.8) is 0 Å². The van der Waals surface area contributed by atoms with Crippen LogP contribution in [0.4, 0.5) is 0 Å². The molecule has 7 nitrogen and oxygen atoms in total. The maximum atomic E-state index is 12.2. The van der Waals surface area contributed by atoms with Crippen LogP contribution >= 0.6 is 0 Å². The van der Waals surface area contributed by atoms with Gasteiger partial charge in [-0.25, -0.2) is 0 Å². The first kappa shape index (κ1) is 16.4. The van der Waals surface area contributed by atoms with Crippen LogP contribution in [0.2, 0.25) is 0 Å². The lowest BCUT2D eigenvalue weighted by atomic mass is 9.85. The Hall–Kier alpha value is -3.09. The molecule has 2 heterocycles. The molecule has 0 saturated heterocycles. The van der Waals surface area contributed by atoms with Gasteiger partial charge in [0.2, 0.25) is 18.3 Å². The summed E-state index contributed by atoms with van der Waals surface area (Å²) >= 11 is 0. The van der Waals surface area contributed by atoms with Crippen molar-refractivity contribution in [1.82, 2.24) is 0 Å². The SMILES string of the molecule is COc1ccc2c(c1)OC(=O)CC2c1cc2c(c(OC)c1OC)OCO2. The minimum Gasteiger partial charge on any atom is -0.497 e. The summed E-state index contributed by atoms with van der Waals surface area (Å²) < 4.78 is 32.7. The van der Waals surface area contributed by atoms with Crippen molar-refractivity contribution in [3.8, 4) is 34.5 Å². The van der Waals surface area contributed by atoms with Crippen LogP contribution in [-0.2, 0) is 4.79 Å². The number of carbonyl (C=O) groups excluding carboxylic acids is 1. The second-order valence-corrected chi connectivity index (χ2v) is 5.90. The number of hydrogen-bond donors (Lipinski definition) is 0. The van der Waals surface area contributed by atoms with Crippen LogP contribution in [-0.4, -0.2) is 34.1 Å². The third kappa shape index (κ3) is 2.47. The normalized spacial score (nSPS) is 17.3. The summed E-state index contributed by atoms with van der Waals surface area (Å²) in [5.41, 5.74) is 1.64. The molecule has 7 heteroatoms. The molecule has 0 N–H and O–H groups in total. The van der Waals surface area contributed by atoms with Crippen molar-refractivity contribution < 1.29 is 33.2 Å². The Morgan fingerprint density at radius 2 is 1.73 bits per heavy atom. The molecule has 2 aromatic rings. The lowest BCUT2D eigenvalue weighted by Gasteiger charge is -2.27. The van der Waals surface area contributed by atoms with Crippen molar-refractivity contribution in [1.29, 1.82) is 0 Å². The van der Waals surface area contributed by atoms with Crippen LogP contribution in [0, 0.1) is 0 Å². The van der Waals surface area contributed by atoms with E-state index in [0.29, 0.717) is 34.5 Å². The van der Waals surface area contributed by atoms with Crippen molar-refractivity contribution in [2.24, 2.45) is 0 Å². The van der Waals surface area contributed by atoms with Gasteiger partial charge in [0.15, 0.2) is 11.5 Å². The van der Waals surface area contributed by atoms with Crippen LogP contribution in [0.1, 0.15) is 23.5 Å². The van der Waals surface area contributed by atoms with Gasteiger partial charge in [-0.3, -0.25) is 4.79 Å². The highest BCUT2D eigenvalue weighted by Crippen LogP contribution is 2.53. The van der Waals surface area contributed by atoms with Gasteiger partial charge in [0.1, 0.15) is 11.5 Å². The number of fused-ring (bicyclic) bond motifs is 2. The molecular formula is C19H18O7. The Labute approximate surface area is 150 Å². The quantitative estimate of drug-likeness (QED) is 0.615. The Bertz CT molecular complexity index is 875. The van der Waals surface area contributed by atoms with Crippen molar-refractivity contribution in [3.05, 3.63) is 35.4 Å². The topological polar surface area (TPSA) is 72.5 Å². The number of ether oxygens (including phenoxy) is 6. The Morgan fingerprint density at radius 3 is 2.46 bits per heavy atom. The molecule has 0 aromatic heterocycles. The first-order valence-electron chi connectivity index (χ1n) is 8.09. The average molecular weight is 358 g/mol. The maximum absolute atomic E-state index is 12.2. The number of benzene rings is 2. The Kier molecular flexibility index (Phi) is 3.99. The van der Waals surface area contributed by atoms with Crippen molar-refractivity contribution >= 4 is 5.97 Å². The van der Waals surface area contributed by atoms with Gasteiger partial charge in [-0.15, -0.1) is 0 Å². The van der Waals surface area contributed by atoms with Crippen LogP contribution in [0.15, 0.2) is 24.3 Å². The highest BCUT2D eigenvalue weighted by Gasteiger charge is 2.35. The average Bonchev–Trinajstić information content (AvgIpc) is 3.13. The highest BCUT2D eigenvalue weighted by atomic mass is 16.7. The molecule has 2 aromatic carbocycles. The first-order valence-corrected chi connectivity index (χ1v) is 8.09. The van der Waals surface area contributed by atoms with Gasteiger partial charge in [-0.1, -0.05) is 6.07 Å². The summed E-state index contributed by atoms with van der Waals surface area (Å²) in [6, 6.07) is 7.26. The second kappa shape index (κ2) is 6.33. The van der Waals surface area contributed by atoms with Crippen LogP contribution in [0.3, 0.4) is 0 Å². The predicted octanol–water partition coefficient (Wildman–Crippen LogP) is 2.88. The van der Waals surface area contributed by atoms with Crippen molar-refractivity contribution in [2.45, 2.75) is 12.3 Å². The van der Waals surface area contributed by atoms with E-state index in [4.69, 9.17) is 28.4 Å². The molecule has 0 spiro atoms. The summed E-state index contributed by atoms with van der Waals surface area (Å²) in [6.45, 7) is 0.110. The molecule has 0 fully saturated rings. The van der Waals surface area contributed by atoms with E-state index in [0.717, 1.165) is 11.1 Å². The molecule has 2 aliphatic rings. The molecule has 26 heavy (non-hydrogen) atoms. The lowest BCUT2D eigenvalue weighted by Crippen LogP contribution is -2.21. The molecule has 0 amide bonds. The zero-order valence-electron chi connectivity index (χ0n) is 14.7. The van der Waals surface area contributed by atoms with Crippen LogP contribution < -0.4 is 28.4 Å². The minimum absolute atomic E-state index is 0.110. The zero-order valence-corrected chi connectivity index (χ0v) is 14.7. The summed E-state index contributed by atoms with van der Waals surface area (Å²) in [5, 5.41) is 0. The maximum Gasteiger partial charge on any atom is 0.312 e. The predicted molar refractivity (Wildman–Crippen MR) is 90.8 cm³/mol. The standard InChI is InChI=1S/C19H18O7/c1-21-10-4-5-11-12(8-16(20)26-14(11)6-10)13-7-15-18(25-9-24-15)19(23-3)17(13)22-2/h4-7,12H,8-9H2,1-3H3. The minimum atomic E-state index is -0.325. The van der Waals surface area contributed by atoms with E-state index in [2.05, 4.69) is 0 Å². The zero-order chi connectivity index (χ0) is 18.3. The van der Waals surface area contributed by atoms with Gasteiger partial charge < -0.3 is 28.4 Å². The molecule has 0 bridgehead atoms. The molecule has 4 rings (SSSR count). The van der Waals surface area contributed by atoms with Gasteiger partial charge >= 0.3 is 5.97 Å². The molecule has 1 unspecified atom stereocenters. The van der Waals surface area contributed by atoms with Gasteiger partial charge in [0, 0.05) is 23.1 Å². The fourth-order valence-corrected chi connectivity index (χ4v) is 3.41. The third-order valence-corrected chi connectivity index (χ3v) is 4.58. The lowest BCUT2D eigenvalue weighted by molar-refractivity contribution is -0.135. The van der Waals surface area contributed by atoms with Crippen LogP contribution in [0.25, 0.3) is 0 Å². The van der Waals surface area contributed by atoms with Gasteiger partial charge in [0.05, 0.1) is 27.8 Å². The van der Waals surface area contributed by atoms with E-state index in [-0.39, 0.29) is 25.1 Å². The van der Waals surface area contributed by atoms with E-state index >= 15 is 0 Å². The molecule has 2 aliphatic heterocycles. The molecular weight excluding hydrogens is 340 g/mol. The molecule has 0 aliphatic carbocycles. The third-order valence-electron chi connectivity index (χ3n) is 4.58.